The van der Waals surface area contributed by atoms with E-state index in [0.717, 1.165) is 16.3 Å². The van der Waals surface area contributed by atoms with Crippen LogP contribution in [-0.2, 0) is 4.79 Å². The Kier molecular flexibility index (Phi) is 4.74. The number of carbonyl (C=O) groups excluding carboxylic acids is 1. The third-order valence-electron chi connectivity index (χ3n) is 5.05. The first kappa shape index (κ1) is 19.0. The number of carbonyl (C=O) groups is 1. The molecular weight excluding hydrogens is 366 g/mol. The van der Waals surface area contributed by atoms with Crippen molar-refractivity contribution in [2.75, 3.05) is 5.32 Å². The number of para-hydroxylation sites is 1. The summed E-state index contributed by atoms with van der Waals surface area (Å²) in [6.07, 6.45) is 0. The molecule has 148 valence electrons. The summed E-state index contributed by atoms with van der Waals surface area (Å²) in [4.78, 5) is 24.7. The highest BCUT2D eigenvalue weighted by Gasteiger charge is 2.22. The van der Waals surface area contributed by atoms with Crippen molar-refractivity contribution in [1.29, 1.82) is 0 Å². The Hall–Kier alpha value is -3.34. The van der Waals surface area contributed by atoms with Gasteiger partial charge >= 0.3 is 5.63 Å². The molecule has 1 amide bonds. The van der Waals surface area contributed by atoms with E-state index in [2.05, 4.69) is 19.2 Å². The first-order valence-electron chi connectivity index (χ1n) is 9.75. The van der Waals surface area contributed by atoms with Crippen LogP contribution in [0, 0.1) is 5.92 Å². The summed E-state index contributed by atoms with van der Waals surface area (Å²) < 4.78 is 11.5. The van der Waals surface area contributed by atoms with Gasteiger partial charge in [0.1, 0.15) is 11.2 Å². The summed E-state index contributed by atoms with van der Waals surface area (Å²) in [7, 11) is 0. The van der Waals surface area contributed by atoms with Crippen LogP contribution in [0.15, 0.2) is 62.2 Å². The van der Waals surface area contributed by atoms with E-state index in [4.69, 9.17) is 8.83 Å². The quantitative estimate of drug-likeness (QED) is 0.440. The van der Waals surface area contributed by atoms with E-state index in [1.165, 1.54) is 6.07 Å². The van der Waals surface area contributed by atoms with Crippen molar-refractivity contribution in [2.45, 2.75) is 33.6 Å². The zero-order valence-corrected chi connectivity index (χ0v) is 16.9. The molecule has 0 unspecified atom stereocenters. The van der Waals surface area contributed by atoms with Gasteiger partial charge in [0.05, 0.1) is 5.69 Å². The Labute approximate surface area is 168 Å². The van der Waals surface area contributed by atoms with Gasteiger partial charge in [-0.3, -0.25) is 4.79 Å². The third kappa shape index (κ3) is 3.44. The fourth-order valence-corrected chi connectivity index (χ4v) is 3.35. The summed E-state index contributed by atoms with van der Waals surface area (Å²) in [5.41, 5.74) is 2.96. The van der Waals surface area contributed by atoms with Crippen molar-refractivity contribution in [1.82, 2.24) is 0 Å². The molecule has 2 heterocycles. The minimum Gasteiger partial charge on any atom is -0.454 e. The van der Waals surface area contributed by atoms with Crippen LogP contribution in [0.25, 0.3) is 33.3 Å². The summed E-state index contributed by atoms with van der Waals surface area (Å²) in [5.74, 6) is 0.462. The number of rotatable bonds is 4. The molecule has 29 heavy (non-hydrogen) atoms. The fraction of sp³-hybridized carbons (Fsp3) is 0.250. The molecule has 0 aliphatic rings. The smallest absolute Gasteiger partial charge is 0.336 e. The lowest BCUT2D eigenvalue weighted by Crippen LogP contribution is -2.18. The number of nitrogens with one attached hydrogen (secondary N) is 1. The van der Waals surface area contributed by atoms with Crippen LogP contribution in [0.3, 0.4) is 0 Å². The number of hydrogen-bond acceptors (Lipinski definition) is 4. The Morgan fingerprint density at radius 1 is 0.897 bits per heavy atom. The van der Waals surface area contributed by atoms with Crippen LogP contribution in [0.4, 0.5) is 5.69 Å². The molecule has 0 spiro atoms. The number of furan rings is 1. The van der Waals surface area contributed by atoms with Gasteiger partial charge in [-0.05, 0) is 35.7 Å². The van der Waals surface area contributed by atoms with Gasteiger partial charge in [0.15, 0.2) is 5.76 Å². The van der Waals surface area contributed by atoms with E-state index in [0.29, 0.717) is 34.1 Å². The minimum atomic E-state index is -0.466. The van der Waals surface area contributed by atoms with Crippen molar-refractivity contribution in [3.05, 3.63) is 64.5 Å². The predicted octanol–water partition coefficient (Wildman–Crippen LogP) is 5.92. The third-order valence-corrected chi connectivity index (χ3v) is 5.05. The van der Waals surface area contributed by atoms with Crippen LogP contribution in [0.1, 0.15) is 39.2 Å². The van der Waals surface area contributed by atoms with Crippen molar-refractivity contribution in [2.24, 2.45) is 5.92 Å². The van der Waals surface area contributed by atoms with Gasteiger partial charge in [0.2, 0.25) is 5.91 Å². The molecule has 2 aromatic carbocycles. The van der Waals surface area contributed by atoms with Crippen molar-refractivity contribution < 1.29 is 13.6 Å². The molecule has 1 N–H and O–H groups in total. The number of hydrogen-bond donors (Lipinski definition) is 1. The molecule has 0 fully saturated rings. The second-order valence-corrected chi connectivity index (χ2v) is 7.84. The maximum absolute atomic E-state index is 12.5. The second kappa shape index (κ2) is 7.24. The fourth-order valence-electron chi connectivity index (χ4n) is 3.35. The van der Waals surface area contributed by atoms with Crippen LogP contribution in [0.5, 0.6) is 0 Å². The lowest BCUT2D eigenvalue weighted by atomic mass is 9.98. The molecule has 0 atom stereocenters. The lowest BCUT2D eigenvalue weighted by molar-refractivity contribution is -0.118. The molecule has 5 heteroatoms. The van der Waals surface area contributed by atoms with E-state index in [9.17, 15) is 9.59 Å². The van der Waals surface area contributed by atoms with E-state index in [1.54, 1.807) is 0 Å². The van der Waals surface area contributed by atoms with Gasteiger partial charge in [0, 0.05) is 28.3 Å². The number of benzene rings is 2. The van der Waals surface area contributed by atoms with Gasteiger partial charge in [0.25, 0.3) is 0 Å². The van der Waals surface area contributed by atoms with Gasteiger partial charge in [-0.1, -0.05) is 45.9 Å². The van der Waals surface area contributed by atoms with E-state index in [1.807, 2.05) is 56.3 Å². The number of fused-ring (bicyclic) bond motifs is 2. The van der Waals surface area contributed by atoms with Crippen LogP contribution in [-0.4, -0.2) is 5.91 Å². The molecule has 4 rings (SSSR count). The average Bonchev–Trinajstić information content (AvgIpc) is 3.05. The Balaban J connectivity index is 2.04. The molecule has 0 aliphatic carbocycles. The normalized spacial score (nSPS) is 11.7. The molecule has 0 aliphatic heterocycles. The van der Waals surface area contributed by atoms with Crippen LogP contribution < -0.4 is 10.9 Å². The predicted molar refractivity (Wildman–Crippen MR) is 115 cm³/mol. The monoisotopic (exact) mass is 389 g/mol. The van der Waals surface area contributed by atoms with Crippen LogP contribution >= 0.6 is 0 Å². The van der Waals surface area contributed by atoms with E-state index in [-0.39, 0.29) is 11.8 Å². The SMILES string of the molecule is CC(C)C(=O)Nc1c(-c2cc(=O)oc3ccc(C(C)C)cc23)oc2ccccc12. The Bertz CT molecular complexity index is 1280. The molecular formula is C24H23NO4. The van der Waals surface area contributed by atoms with Gasteiger partial charge < -0.3 is 14.2 Å². The first-order chi connectivity index (χ1) is 13.8. The number of amides is 1. The lowest BCUT2D eigenvalue weighted by Gasteiger charge is -2.11. The topological polar surface area (TPSA) is 72.5 Å². The Morgan fingerprint density at radius 2 is 1.62 bits per heavy atom. The molecule has 0 bridgehead atoms. The number of anilines is 1. The van der Waals surface area contributed by atoms with E-state index >= 15 is 0 Å². The zero-order chi connectivity index (χ0) is 20.7. The van der Waals surface area contributed by atoms with Gasteiger partial charge in [-0.2, -0.15) is 0 Å². The summed E-state index contributed by atoms with van der Waals surface area (Å²) in [5, 5.41) is 4.55. The molecule has 0 saturated heterocycles. The highest BCUT2D eigenvalue weighted by molar-refractivity contribution is 6.09. The minimum absolute atomic E-state index is 0.118. The van der Waals surface area contributed by atoms with E-state index < -0.39 is 5.63 Å². The molecule has 0 radical (unpaired) electrons. The standard InChI is InChI=1S/C24H23NO4/c1-13(2)15-9-10-20-17(11-15)18(12-21(26)28-20)23-22(25-24(27)14(3)4)16-7-5-6-8-19(16)29-23/h5-14H,1-4H3,(H,25,27). The molecule has 0 saturated carbocycles. The largest absolute Gasteiger partial charge is 0.454 e. The maximum atomic E-state index is 12.5. The van der Waals surface area contributed by atoms with Crippen LogP contribution in [0.2, 0.25) is 0 Å². The van der Waals surface area contributed by atoms with Crippen molar-refractivity contribution in [3.63, 3.8) is 0 Å². The first-order valence-corrected chi connectivity index (χ1v) is 9.75. The zero-order valence-electron chi connectivity index (χ0n) is 16.9. The highest BCUT2D eigenvalue weighted by atomic mass is 16.4. The summed E-state index contributed by atoms with van der Waals surface area (Å²) in [6, 6.07) is 14.7. The molecule has 5 nitrogen and oxygen atoms in total. The summed E-state index contributed by atoms with van der Waals surface area (Å²) in [6.45, 7) is 7.88. The molecule has 4 aromatic rings. The average molecular weight is 389 g/mol. The molecule has 2 aromatic heterocycles. The van der Waals surface area contributed by atoms with Gasteiger partial charge in [-0.15, -0.1) is 0 Å². The van der Waals surface area contributed by atoms with Gasteiger partial charge in [-0.25, -0.2) is 4.79 Å². The second-order valence-electron chi connectivity index (χ2n) is 7.84. The summed E-state index contributed by atoms with van der Waals surface area (Å²) >= 11 is 0. The Morgan fingerprint density at radius 3 is 2.34 bits per heavy atom. The highest BCUT2D eigenvalue weighted by Crippen LogP contribution is 2.41. The maximum Gasteiger partial charge on any atom is 0.336 e. The van der Waals surface area contributed by atoms with Crippen molar-refractivity contribution in [3.8, 4) is 11.3 Å². The van der Waals surface area contributed by atoms with Crippen molar-refractivity contribution >= 4 is 33.5 Å².